The second-order valence-corrected chi connectivity index (χ2v) is 4.36. The molecule has 1 saturated heterocycles. The molecule has 7 heteroatoms. The van der Waals surface area contributed by atoms with Crippen LogP contribution in [0.3, 0.4) is 0 Å². The van der Waals surface area contributed by atoms with Crippen LogP contribution in [0, 0.1) is 12.3 Å². The minimum atomic E-state index is -0.0683. The first-order valence-electron chi connectivity index (χ1n) is 6.48. The van der Waals surface area contributed by atoms with Gasteiger partial charge in [-0.25, -0.2) is 0 Å². The number of hydrogen-bond acceptors (Lipinski definition) is 3. The van der Waals surface area contributed by atoms with Crippen molar-refractivity contribution < 1.29 is 9.21 Å². The molecular weight excluding hydrogens is 383 g/mol. The molecule has 0 unspecified atom stereocenters. The molecule has 1 aliphatic heterocycles. The van der Waals surface area contributed by atoms with Gasteiger partial charge in [-0.3, -0.25) is 9.79 Å². The predicted molar refractivity (Wildman–Crippen MR) is 91.8 cm³/mol. The van der Waals surface area contributed by atoms with E-state index in [0.29, 0.717) is 25.4 Å². The number of carbonyl (C=O) groups excluding carboxylic acids is 1. The monoisotopic (exact) mass is 402 g/mol. The quantitative estimate of drug-likeness (QED) is 0.345. The largest absolute Gasteiger partial charge is 0.459 e. The van der Waals surface area contributed by atoms with Gasteiger partial charge in [-0.2, -0.15) is 0 Å². The smallest absolute Gasteiger partial charge is 0.289 e. The highest BCUT2D eigenvalue weighted by atomic mass is 127. The van der Waals surface area contributed by atoms with E-state index >= 15 is 0 Å². The van der Waals surface area contributed by atoms with E-state index in [1.165, 1.54) is 6.26 Å². The maximum absolute atomic E-state index is 12.1. The average Bonchev–Trinajstić information content (AvgIpc) is 3.02. The van der Waals surface area contributed by atoms with Gasteiger partial charge in [-0.15, -0.1) is 30.4 Å². The Hall–Kier alpha value is -1.69. The fourth-order valence-electron chi connectivity index (χ4n) is 2.14. The van der Waals surface area contributed by atoms with E-state index in [0.717, 1.165) is 19.0 Å². The van der Waals surface area contributed by atoms with Crippen LogP contribution in [0.15, 0.2) is 27.8 Å². The number of amides is 1. The Labute approximate surface area is 141 Å². The SMILES string of the molecule is C#CCNC(=NC)N1CCN(C(=O)c2ccco2)CC1.I. The molecule has 1 aliphatic rings. The van der Waals surface area contributed by atoms with Crippen molar-refractivity contribution in [2.24, 2.45) is 4.99 Å². The number of nitrogens with zero attached hydrogens (tertiary/aromatic N) is 3. The van der Waals surface area contributed by atoms with Gasteiger partial charge < -0.3 is 19.5 Å². The number of furan rings is 1. The number of aliphatic imine (C=N–C) groups is 1. The highest BCUT2D eigenvalue weighted by Crippen LogP contribution is 2.09. The minimum absolute atomic E-state index is 0. The summed E-state index contributed by atoms with van der Waals surface area (Å²) in [6.45, 7) is 3.15. The molecule has 1 aromatic rings. The van der Waals surface area contributed by atoms with Crippen LogP contribution in [0.5, 0.6) is 0 Å². The molecule has 0 saturated carbocycles. The molecule has 0 radical (unpaired) electrons. The molecule has 1 aromatic heterocycles. The van der Waals surface area contributed by atoms with Crippen LogP contribution < -0.4 is 5.32 Å². The highest BCUT2D eigenvalue weighted by Gasteiger charge is 2.24. The fraction of sp³-hybridized carbons (Fsp3) is 0.429. The minimum Gasteiger partial charge on any atom is -0.459 e. The molecule has 0 bridgehead atoms. The summed E-state index contributed by atoms with van der Waals surface area (Å²) < 4.78 is 5.13. The van der Waals surface area contributed by atoms with Crippen molar-refractivity contribution >= 4 is 35.8 Å². The predicted octanol–water partition coefficient (Wildman–Crippen LogP) is 0.864. The van der Waals surface area contributed by atoms with Crippen LogP contribution in [-0.4, -0.2) is 61.4 Å². The van der Waals surface area contributed by atoms with E-state index in [-0.39, 0.29) is 29.9 Å². The van der Waals surface area contributed by atoms with Gasteiger partial charge in [0.1, 0.15) is 0 Å². The Morgan fingerprint density at radius 2 is 2.10 bits per heavy atom. The second kappa shape index (κ2) is 8.56. The normalized spacial score (nSPS) is 15.1. The number of guanidine groups is 1. The highest BCUT2D eigenvalue weighted by molar-refractivity contribution is 14.0. The molecule has 21 heavy (non-hydrogen) atoms. The van der Waals surface area contributed by atoms with Crippen molar-refractivity contribution in [1.82, 2.24) is 15.1 Å². The lowest BCUT2D eigenvalue weighted by Crippen LogP contribution is -2.53. The summed E-state index contributed by atoms with van der Waals surface area (Å²) in [6.07, 6.45) is 6.74. The fourth-order valence-corrected chi connectivity index (χ4v) is 2.14. The lowest BCUT2D eigenvalue weighted by molar-refractivity contribution is 0.0658. The second-order valence-electron chi connectivity index (χ2n) is 4.36. The third-order valence-electron chi connectivity index (χ3n) is 3.16. The number of halogens is 1. The Morgan fingerprint density at radius 3 is 2.62 bits per heavy atom. The molecule has 0 aliphatic carbocycles. The molecule has 114 valence electrons. The third-order valence-corrected chi connectivity index (χ3v) is 3.16. The van der Waals surface area contributed by atoms with Gasteiger partial charge in [0.05, 0.1) is 12.8 Å². The van der Waals surface area contributed by atoms with E-state index < -0.39 is 0 Å². The summed E-state index contributed by atoms with van der Waals surface area (Å²) in [7, 11) is 1.72. The van der Waals surface area contributed by atoms with Gasteiger partial charge in [-0.05, 0) is 12.1 Å². The summed E-state index contributed by atoms with van der Waals surface area (Å²) >= 11 is 0. The van der Waals surface area contributed by atoms with Crippen molar-refractivity contribution in [3.63, 3.8) is 0 Å². The van der Waals surface area contributed by atoms with Gasteiger partial charge in [-0.1, -0.05) is 5.92 Å². The maximum atomic E-state index is 12.1. The van der Waals surface area contributed by atoms with Gasteiger partial charge in [0.15, 0.2) is 11.7 Å². The van der Waals surface area contributed by atoms with Crippen molar-refractivity contribution in [3.05, 3.63) is 24.2 Å². The van der Waals surface area contributed by atoms with Crippen LogP contribution in [0.25, 0.3) is 0 Å². The maximum Gasteiger partial charge on any atom is 0.289 e. The van der Waals surface area contributed by atoms with Gasteiger partial charge in [0.25, 0.3) is 5.91 Å². The first-order valence-corrected chi connectivity index (χ1v) is 6.48. The number of piperazine rings is 1. The average molecular weight is 402 g/mol. The molecule has 2 heterocycles. The molecular formula is C14H19IN4O2. The van der Waals surface area contributed by atoms with E-state index in [4.69, 9.17) is 10.8 Å². The Balaban J connectivity index is 0.00000220. The molecule has 1 fully saturated rings. The van der Waals surface area contributed by atoms with E-state index in [1.807, 2.05) is 0 Å². The lowest BCUT2D eigenvalue weighted by atomic mass is 10.3. The molecule has 0 aromatic carbocycles. The first kappa shape index (κ1) is 17.4. The number of rotatable bonds is 2. The summed E-state index contributed by atoms with van der Waals surface area (Å²) in [5.41, 5.74) is 0. The van der Waals surface area contributed by atoms with Crippen LogP contribution in [-0.2, 0) is 0 Å². The van der Waals surface area contributed by atoms with Crippen LogP contribution in [0.2, 0.25) is 0 Å². The number of hydrogen-bond donors (Lipinski definition) is 1. The zero-order valence-electron chi connectivity index (χ0n) is 11.9. The first-order chi connectivity index (χ1) is 9.76. The Morgan fingerprint density at radius 1 is 1.43 bits per heavy atom. The summed E-state index contributed by atoms with van der Waals surface area (Å²) in [6, 6.07) is 3.40. The zero-order valence-corrected chi connectivity index (χ0v) is 14.2. The zero-order chi connectivity index (χ0) is 14.4. The van der Waals surface area contributed by atoms with Gasteiger partial charge in [0, 0.05) is 33.2 Å². The molecule has 0 spiro atoms. The van der Waals surface area contributed by atoms with E-state index in [2.05, 4.69) is 21.1 Å². The standard InChI is InChI=1S/C14H18N4O2.HI/c1-3-6-16-14(15-2)18-9-7-17(8-10-18)13(19)12-5-4-11-20-12;/h1,4-5,11H,6-10H2,2H3,(H,15,16);1H. The van der Waals surface area contributed by atoms with Crippen molar-refractivity contribution in [1.29, 1.82) is 0 Å². The number of terminal acetylenes is 1. The van der Waals surface area contributed by atoms with Crippen molar-refractivity contribution in [2.75, 3.05) is 39.8 Å². The summed E-state index contributed by atoms with van der Waals surface area (Å²) in [5, 5.41) is 3.08. The Bertz CT molecular complexity index is 514. The van der Waals surface area contributed by atoms with Gasteiger partial charge in [0.2, 0.25) is 0 Å². The molecule has 1 N–H and O–H groups in total. The van der Waals surface area contributed by atoms with Crippen molar-refractivity contribution in [3.8, 4) is 12.3 Å². The summed E-state index contributed by atoms with van der Waals surface area (Å²) in [5.74, 6) is 3.61. The van der Waals surface area contributed by atoms with Gasteiger partial charge >= 0.3 is 0 Å². The molecule has 6 nitrogen and oxygen atoms in total. The third kappa shape index (κ3) is 4.39. The number of nitrogens with one attached hydrogen (secondary N) is 1. The van der Waals surface area contributed by atoms with E-state index in [1.54, 1.807) is 24.1 Å². The van der Waals surface area contributed by atoms with Crippen LogP contribution in [0.1, 0.15) is 10.6 Å². The summed E-state index contributed by atoms with van der Waals surface area (Å²) in [4.78, 5) is 20.2. The molecule has 0 atom stereocenters. The van der Waals surface area contributed by atoms with Crippen LogP contribution >= 0.6 is 24.0 Å². The Kier molecular flexibility index (Phi) is 7.08. The topological polar surface area (TPSA) is 61.1 Å². The van der Waals surface area contributed by atoms with E-state index in [9.17, 15) is 4.79 Å². The lowest BCUT2D eigenvalue weighted by Gasteiger charge is -2.35. The van der Waals surface area contributed by atoms with Crippen LogP contribution in [0.4, 0.5) is 0 Å². The molecule has 1 amide bonds. The van der Waals surface area contributed by atoms with Crippen molar-refractivity contribution in [2.45, 2.75) is 0 Å². The number of carbonyl (C=O) groups is 1. The molecule has 2 rings (SSSR count).